The Kier molecular flexibility index (Phi) is 2.96. The van der Waals surface area contributed by atoms with Crippen molar-refractivity contribution >= 4 is 0 Å². The zero-order valence-electron chi connectivity index (χ0n) is 11.2. The van der Waals surface area contributed by atoms with E-state index in [1.807, 2.05) is 9.25 Å². The highest BCUT2D eigenvalue weighted by molar-refractivity contribution is 5.01. The summed E-state index contributed by atoms with van der Waals surface area (Å²) in [7, 11) is 0. The maximum atomic E-state index is 5.91. The first-order valence-electron chi connectivity index (χ1n) is 6.95. The molecule has 2 aliphatic rings. The van der Waals surface area contributed by atoms with Crippen molar-refractivity contribution in [3.05, 3.63) is 24.5 Å². The lowest BCUT2D eigenvalue weighted by atomic mass is 10.0. The minimum atomic E-state index is 0.273. The molecule has 4 rings (SSSR count). The molecular weight excluding hydrogens is 258 g/mol. The summed E-state index contributed by atoms with van der Waals surface area (Å²) < 4.78 is 9.96. The van der Waals surface area contributed by atoms with Gasteiger partial charge in [0.15, 0.2) is 0 Å². The molecule has 1 fully saturated rings. The predicted octanol–water partition coefficient (Wildman–Crippen LogP) is -0.285. The van der Waals surface area contributed by atoms with Gasteiger partial charge in [-0.3, -0.25) is 4.90 Å². The summed E-state index contributed by atoms with van der Waals surface area (Å²) in [6.45, 7) is 4.56. The summed E-state index contributed by atoms with van der Waals surface area (Å²) in [5, 5.41) is 15.9. The summed E-state index contributed by atoms with van der Waals surface area (Å²) in [6.07, 6.45) is 6.63. The van der Waals surface area contributed by atoms with Gasteiger partial charge < -0.3 is 9.30 Å². The summed E-state index contributed by atoms with van der Waals surface area (Å²) in [5.74, 6) is 0. The van der Waals surface area contributed by atoms with Crippen LogP contribution in [-0.2, 0) is 17.9 Å². The summed E-state index contributed by atoms with van der Waals surface area (Å²) >= 11 is 0. The summed E-state index contributed by atoms with van der Waals surface area (Å²) in [5.41, 5.74) is 1.08. The minimum Gasteiger partial charge on any atom is -0.370 e. The van der Waals surface area contributed by atoms with Gasteiger partial charge in [0.2, 0.25) is 0 Å². The summed E-state index contributed by atoms with van der Waals surface area (Å²) in [6, 6.07) is 0.288. The van der Waals surface area contributed by atoms with Crippen LogP contribution in [0.1, 0.15) is 18.2 Å². The minimum absolute atomic E-state index is 0.273. The topological polar surface area (TPSA) is 73.9 Å². The fourth-order valence-corrected chi connectivity index (χ4v) is 3.04. The Hall–Kier alpha value is -1.80. The van der Waals surface area contributed by atoms with Crippen LogP contribution in [0, 0.1) is 0 Å². The molecule has 0 unspecified atom stereocenters. The summed E-state index contributed by atoms with van der Waals surface area (Å²) in [4.78, 5) is 2.45. The first kappa shape index (κ1) is 12.0. The van der Waals surface area contributed by atoms with Gasteiger partial charge in [-0.25, -0.2) is 4.68 Å². The predicted molar refractivity (Wildman–Crippen MR) is 68.7 cm³/mol. The van der Waals surface area contributed by atoms with Crippen molar-refractivity contribution in [1.82, 2.24) is 34.7 Å². The second kappa shape index (κ2) is 4.95. The second-order valence-corrected chi connectivity index (χ2v) is 5.38. The molecule has 1 saturated heterocycles. The van der Waals surface area contributed by atoms with Gasteiger partial charge in [0.05, 0.1) is 30.6 Å². The number of hydrogen-bond donors (Lipinski definition) is 0. The van der Waals surface area contributed by atoms with Gasteiger partial charge in [0, 0.05) is 26.2 Å². The van der Waals surface area contributed by atoms with E-state index in [9.17, 15) is 0 Å². The molecule has 2 aromatic heterocycles. The zero-order chi connectivity index (χ0) is 13.4. The number of likely N-dealkylation sites (tertiary alicyclic amines) is 1. The van der Waals surface area contributed by atoms with Gasteiger partial charge in [-0.1, -0.05) is 5.21 Å². The van der Waals surface area contributed by atoms with Crippen molar-refractivity contribution in [3.8, 4) is 0 Å². The van der Waals surface area contributed by atoms with E-state index in [2.05, 4.69) is 25.4 Å². The first-order chi connectivity index (χ1) is 9.90. The van der Waals surface area contributed by atoms with Gasteiger partial charge >= 0.3 is 0 Å². The number of hydrogen-bond acceptors (Lipinski definition) is 6. The molecule has 2 aromatic rings. The van der Waals surface area contributed by atoms with E-state index in [1.165, 1.54) is 0 Å². The van der Waals surface area contributed by atoms with Gasteiger partial charge in [-0.2, -0.15) is 0 Å². The van der Waals surface area contributed by atoms with Crippen LogP contribution < -0.4 is 0 Å². The molecule has 8 heteroatoms. The lowest BCUT2D eigenvalue weighted by molar-refractivity contribution is -0.0659. The highest BCUT2D eigenvalue weighted by Gasteiger charge is 2.36. The van der Waals surface area contributed by atoms with Gasteiger partial charge in [-0.05, 0) is 6.42 Å². The second-order valence-electron chi connectivity index (χ2n) is 5.38. The van der Waals surface area contributed by atoms with E-state index >= 15 is 0 Å². The molecule has 106 valence electrons. The molecule has 0 N–H and O–H groups in total. The monoisotopic (exact) mass is 275 g/mol. The van der Waals surface area contributed by atoms with E-state index in [0.29, 0.717) is 6.61 Å². The van der Waals surface area contributed by atoms with Crippen molar-refractivity contribution in [2.24, 2.45) is 0 Å². The molecule has 4 heterocycles. The molecule has 0 aliphatic carbocycles. The smallest absolute Gasteiger partial charge is 0.119 e. The van der Waals surface area contributed by atoms with Gasteiger partial charge in [-0.15, -0.1) is 15.3 Å². The molecule has 20 heavy (non-hydrogen) atoms. The molecule has 2 atom stereocenters. The van der Waals surface area contributed by atoms with E-state index in [0.717, 1.165) is 38.3 Å². The Morgan fingerprint density at radius 1 is 1.20 bits per heavy atom. The molecular formula is C12H17N7O. The molecule has 2 aliphatic heterocycles. The quantitative estimate of drug-likeness (QED) is 0.766. The Bertz CT molecular complexity index is 566. The van der Waals surface area contributed by atoms with Crippen LogP contribution in [0.15, 0.2) is 18.9 Å². The van der Waals surface area contributed by atoms with Crippen molar-refractivity contribution < 1.29 is 4.74 Å². The van der Waals surface area contributed by atoms with Crippen molar-refractivity contribution in [1.29, 1.82) is 0 Å². The van der Waals surface area contributed by atoms with Crippen molar-refractivity contribution in [3.63, 3.8) is 0 Å². The standard InChI is InChI=1S/C12H17N7O/c1-2-17(3-4-18-8-14-15-9-18)6-11-12(1)20-7-10-5-13-16-19(10)11/h5,8-9,11-12H,1-4,6-7H2/t11-,12-/m0/s1. The lowest BCUT2D eigenvalue weighted by Crippen LogP contribution is -2.48. The SMILES string of the molecule is c1nnn2c1CO[C@H]1CCN(CCn3cnnc3)C[C@@H]12. The zero-order valence-corrected chi connectivity index (χ0v) is 11.2. The third kappa shape index (κ3) is 2.10. The van der Waals surface area contributed by atoms with E-state index < -0.39 is 0 Å². The normalized spacial score (nSPS) is 26.2. The van der Waals surface area contributed by atoms with Crippen LogP contribution in [0.25, 0.3) is 0 Å². The number of fused-ring (bicyclic) bond motifs is 3. The van der Waals surface area contributed by atoms with Crippen LogP contribution in [0.3, 0.4) is 0 Å². The van der Waals surface area contributed by atoms with Crippen molar-refractivity contribution in [2.75, 3.05) is 19.6 Å². The molecule has 8 nitrogen and oxygen atoms in total. The highest BCUT2D eigenvalue weighted by atomic mass is 16.5. The fourth-order valence-electron chi connectivity index (χ4n) is 3.04. The first-order valence-corrected chi connectivity index (χ1v) is 6.95. The van der Waals surface area contributed by atoms with Crippen LogP contribution >= 0.6 is 0 Å². The third-order valence-electron chi connectivity index (χ3n) is 4.15. The maximum Gasteiger partial charge on any atom is 0.119 e. The van der Waals surface area contributed by atoms with Crippen LogP contribution in [0.5, 0.6) is 0 Å². The highest BCUT2D eigenvalue weighted by Crippen LogP contribution is 2.29. The van der Waals surface area contributed by atoms with Gasteiger partial charge in [0.1, 0.15) is 12.7 Å². The van der Waals surface area contributed by atoms with Gasteiger partial charge in [0.25, 0.3) is 0 Å². The number of piperidine rings is 1. The fraction of sp³-hybridized carbons (Fsp3) is 0.667. The number of rotatable bonds is 3. The van der Waals surface area contributed by atoms with E-state index in [-0.39, 0.29) is 12.1 Å². The Labute approximate surface area is 116 Å². The lowest BCUT2D eigenvalue weighted by Gasteiger charge is -2.41. The molecule has 0 bridgehead atoms. The number of nitrogens with zero attached hydrogens (tertiary/aromatic N) is 7. The molecule has 0 aromatic carbocycles. The van der Waals surface area contributed by atoms with Crippen LogP contribution in [-0.4, -0.2) is 60.4 Å². The average molecular weight is 275 g/mol. The molecule has 0 saturated carbocycles. The van der Waals surface area contributed by atoms with Crippen LogP contribution in [0.4, 0.5) is 0 Å². The average Bonchev–Trinajstić information content (AvgIpc) is 3.16. The Balaban J connectivity index is 1.43. The molecule has 0 radical (unpaired) electrons. The number of ether oxygens (including phenoxy) is 1. The third-order valence-corrected chi connectivity index (χ3v) is 4.15. The van der Waals surface area contributed by atoms with E-state index in [4.69, 9.17) is 4.74 Å². The number of aromatic nitrogens is 6. The largest absolute Gasteiger partial charge is 0.370 e. The maximum absolute atomic E-state index is 5.91. The molecule has 0 amide bonds. The van der Waals surface area contributed by atoms with E-state index in [1.54, 1.807) is 18.9 Å². The Morgan fingerprint density at radius 3 is 3.00 bits per heavy atom. The molecule has 0 spiro atoms. The van der Waals surface area contributed by atoms with Crippen LogP contribution in [0.2, 0.25) is 0 Å². The Morgan fingerprint density at radius 2 is 2.10 bits per heavy atom. The van der Waals surface area contributed by atoms with Crippen molar-refractivity contribution in [2.45, 2.75) is 31.7 Å².